The van der Waals surface area contributed by atoms with Gasteiger partial charge in [0.2, 0.25) is 5.95 Å². The molecule has 3 rings (SSSR count). The van der Waals surface area contributed by atoms with Crippen molar-refractivity contribution in [3.05, 3.63) is 85.8 Å². The average Bonchev–Trinajstić information content (AvgIpc) is 2.66. The molecule has 0 amide bonds. The number of alkyl halides is 6. The van der Waals surface area contributed by atoms with Gasteiger partial charge in [-0.15, -0.1) is 0 Å². The molecule has 1 N–H and O–H groups in total. The maximum Gasteiger partial charge on any atom is 0.433 e. The highest BCUT2D eigenvalue weighted by Crippen LogP contribution is 2.39. The van der Waals surface area contributed by atoms with Crippen LogP contribution in [-0.2, 0) is 18.9 Å². The van der Waals surface area contributed by atoms with Crippen LogP contribution in [0.25, 0.3) is 0 Å². The first kappa shape index (κ1) is 23.0. The van der Waals surface area contributed by atoms with Gasteiger partial charge in [-0.3, -0.25) is 9.36 Å². The second-order valence-electron chi connectivity index (χ2n) is 6.31. The topological polar surface area (TPSA) is 46.9 Å². The van der Waals surface area contributed by atoms with E-state index in [0.717, 1.165) is 4.57 Å². The highest BCUT2D eigenvalue weighted by atomic mass is 35.5. The summed E-state index contributed by atoms with van der Waals surface area (Å²) in [5.74, 6) is -0.591. The summed E-state index contributed by atoms with van der Waals surface area (Å²) in [7, 11) is 0. The van der Waals surface area contributed by atoms with Gasteiger partial charge in [0.15, 0.2) is 5.69 Å². The zero-order valence-electron chi connectivity index (χ0n) is 15.2. The van der Waals surface area contributed by atoms with Gasteiger partial charge in [0, 0.05) is 6.07 Å². The number of anilines is 2. The van der Waals surface area contributed by atoms with Crippen LogP contribution in [0.15, 0.2) is 53.3 Å². The number of aromatic nitrogens is 2. The summed E-state index contributed by atoms with van der Waals surface area (Å²) in [4.78, 5) is 15.9. The standard InChI is InChI=1S/C19H11Cl2F6N3O/c20-12-6-11(18(22,23)24)7-13(21)16(12)29-17-28-14(19(25,26)27)8-15(31)30(17)9-10-4-2-1-3-5-10/h1-8H,9H2,(H,28,29). The van der Waals surface area contributed by atoms with E-state index >= 15 is 0 Å². The minimum atomic E-state index is -4.94. The molecule has 0 fully saturated rings. The third-order valence-electron chi connectivity index (χ3n) is 4.09. The van der Waals surface area contributed by atoms with E-state index in [2.05, 4.69) is 10.3 Å². The second-order valence-corrected chi connectivity index (χ2v) is 7.12. The highest BCUT2D eigenvalue weighted by molar-refractivity contribution is 6.39. The molecule has 3 aromatic rings. The number of hydrogen-bond donors (Lipinski definition) is 1. The summed E-state index contributed by atoms with van der Waals surface area (Å²) in [6.07, 6.45) is -9.68. The van der Waals surface area contributed by atoms with E-state index in [1.807, 2.05) is 0 Å². The summed E-state index contributed by atoms with van der Waals surface area (Å²) >= 11 is 11.8. The molecule has 2 aromatic carbocycles. The molecule has 12 heteroatoms. The maximum absolute atomic E-state index is 13.2. The van der Waals surface area contributed by atoms with E-state index in [4.69, 9.17) is 23.2 Å². The highest BCUT2D eigenvalue weighted by Gasteiger charge is 2.35. The summed E-state index contributed by atoms with van der Waals surface area (Å²) < 4.78 is 79.2. The summed E-state index contributed by atoms with van der Waals surface area (Å²) in [6, 6.07) is 9.73. The van der Waals surface area contributed by atoms with Gasteiger partial charge >= 0.3 is 12.4 Å². The van der Waals surface area contributed by atoms with Crippen LogP contribution >= 0.6 is 23.2 Å². The van der Waals surface area contributed by atoms with E-state index in [9.17, 15) is 31.1 Å². The quantitative estimate of drug-likeness (QED) is 0.439. The Morgan fingerprint density at radius 3 is 2.00 bits per heavy atom. The van der Waals surface area contributed by atoms with Gasteiger partial charge in [0.05, 0.1) is 27.8 Å². The Hall–Kier alpha value is -2.72. The molecule has 0 saturated heterocycles. The molecule has 1 aromatic heterocycles. The predicted molar refractivity (Wildman–Crippen MR) is 104 cm³/mol. The number of nitrogens with one attached hydrogen (secondary N) is 1. The van der Waals surface area contributed by atoms with Gasteiger partial charge in [-0.1, -0.05) is 53.5 Å². The van der Waals surface area contributed by atoms with E-state index in [1.54, 1.807) is 30.3 Å². The Balaban J connectivity index is 2.13. The summed E-state index contributed by atoms with van der Waals surface area (Å²) in [5, 5.41) is 1.35. The van der Waals surface area contributed by atoms with Crippen LogP contribution in [0.4, 0.5) is 38.0 Å². The zero-order valence-corrected chi connectivity index (χ0v) is 16.7. The van der Waals surface area contributed by atoms with Crippen LogP contribution in [0.5, 0.6) is 0 Å². The Kier molecular flexibility index (Phi) is 6.24. The van der Waals surface area contributed by atoms with Gasteiger partial charge in [-0.2, -0.15) is 26.3 Å². The number of nitrogens with zero attached hydrogens (tertiary/aromatic N) is 2. The molecule has 0 saturated carbocycles. The van der Waals surface area contributed by atoms with Crippen molar-refractivity contribution in [2.45, 2.75) is 18.9 Å². The van der Waals surface area contributed by atoms with Gasteiger partial charge in [0.1, 0.15) is 0 Å². The molecule has 0 unspecified atom stereocenters. The Bertz CT molecular complexity index is 1140. The van der Waals surface area contributed by atoms with E-state index < -0.39 is 45.2 Å². The monoisotopic (exact) mass is 481 g/mol. The van der Waals surface area contributed by atoms with Crippen molar-refractivity contribution in [1.82, 2.24) is 9.55 Å². The molecule has 31 heavy (non-hydrogen) atoms. The molecule has 1 heterocycles. The molecule has 164 valence electrons. The lowest BCUT2D eigenvalue weighted by Crippen LogP contribution is -2.27. The predicted octanol–water partition coefficient (Wildman–Crippen LogP) is 6.38. The Morgan fingerprint density at radius 2 is 1.48 bits per heavy atom. The van der Waals surface area contributed by atoms with E-state index in [-0.39, 0.29) is 12.2 Å². The zero-order chi connectivity index (χ0) is 23.0. The van der Waals surface area contributed by atoms with Crippen molar-refractivity contribution in [1.29, 1.82) is 0 Å². The van der Waals surface area contributed by atoms with Crippen molar-refractivity contribution >= 4 is 34.8 Å². The van der Waals surface area contributed by atoms with Crippen LogP contribution < -0.4 is 10.9 Å². The molecule has 0 atom stereocenters. The number of benzene rings is 2. The summed E-state index contributed by atoms with van der Waals surface area (Å²) in [5.41, 5.74) is -3.42. The maximum atomic E-state index is 13.2. The largest absolute Gasteiger partial charge is 0.433 e. The van der Waals surface area contributed by atoms with Crippen LogP contribution in [0, 0.1) is 0 Å². The Labute approximate surface area is 181 Å². The first-order valence-corrected chi connectivity index (χ1v) is 9.18. The second kappa shape index (κ2) is 8.43. The minimum Gasteiger partial charge on any atom is -0.323 e. The van der Waals surface area contributed by atoms with Crippen molar-refractivity contribution in [2.24, 2.45) is 0 Å². The molecule has 0 radical (unpaired) electrons. The minimum absolute atomic E-state index is 0.164. The van der Waals surface area contributed by atoms with Crippen molar-refractivity contribution in [2.75, 3.05) is 5.32 Å². The first-order valence-electron chi connectivity index (χ1n) is 8.42. The van der Waals surface area contributed by atoms with Crippen LogP contribution in [0.1, 0.15) is 16.8 Å². The smallest absolute Gasteiger partial charge is 0.323 e. The van der Waals surface area contributed by atoms with Crippen molar-refractivity contribution in [3.63, 3.8) is 0 Å². The average molecular weight is 482 g/mol. The Morgan fingerprint density at radius 1 is 0.903 bits per heavy atom. The molecular formula is C19H11Cl2F6N3O. The lowest BCUT2D eigenvalue weighted by molar-refractivity contribution is -0.141. The summed E-state index contributed by atoms with van der Waals surface area (Å²) in [6.45, 7) is -0.164. The van der Waals surface area contributed by atoms with Gasteiger partial charge < -0.3 is 5.32 Å². The molecule has 0 aliphatic heterocycles. The molecule has 0 aliphatic carbocycles. The van der Waals surface area contributed by atoms with Crippen LogP contribution in [-0.4, -0.2) is 9.55 Å². The lowest BCUT2D eigenvalue weighted by Gasteiger charge is -2.18. The molecule has 0 aliphatic rings. The van der Waals surface area contributed by atoms with E-state index in [0.29, 0.717) is 23.8 Å². The number of hydrogen-bond acceptors (Lipinski definition) is 3. The fourth-order valence-electron chi connectivity index (χ4n) is 2.63. The van der Waals surface area contributed by atoms with Crippen molar-refractivity contribution in [3.8, 4) is 0 Å². The van der Waals surface area contributed by atoms with Crippen LogP contribution in [0.2, 0.25) is 10.0 Å². The van der Waals surface area contributed by atoms with Gasteiger partial charge in [-0.05, 0) is 17.7 Å². The van der Waals surface area contributed by atoms with Gasteiger partial charge in [-0.25, -0.2) is 4.98 Å². The van der Waals surface area contributed by atoms with Crippen LogP contribution in [0.3, 0.4) is 0 Å². The number of halogens is 8. The fraction of sp³-hybridized carbons (Fsp3) is 0.158. The lowest BCUT2D eigenvalue weighted by atomic mass is 10.2. The molecule has 0 spiro atoms. The normalized spacial score (nSPS) is 12.1. The third-order valence-corrected chi connectivity index (χ3v) is 4.68. The van der Waals surface area contributed by atoms with Crippen molar-refractivity contribution < 1.29 is 26.3 Å². The van der Waals surface area contributed by atoms with Gasteiger partial charge in [0.25, 0.3) is 5.56 Å². The first-order chi connectivity index (χ1) is 14.4. The molecule has 0 bridgehead atoms. The SMILES string of the molecule is O=c1cc(C(F)(F)F)nc(Nc2c(Cl)cc(C(F)(F)F)cc2Cl)n1Cc1ccccc1. The fourth-order valence-corrected chi connectivity index (χ4v) is 3.21. The number of rotatable bonds is 4. The molecular weight excluding hydrogens is 471 g/mol. The molecule has 4 nitrogen and oxygen atoms in total. The third kappa shape index (κ3) is 5.31. The van der Waals surface area contributed by atoms with E-state index in [1.165, 1.54) is 0 Å².